The van der Waals surface area contributed by atoms with Gasteiger partial charge in [0.2, 0.25) is 5.91 Å². The van der Waals surface area contributed by atoms with Crippen LogP contribution >= 0.6 is 21.6 Å². The Morgan fingerprint density at radius 1 is 0.886 bits per heavy atom. The highest BCUT2D eigenvalue weighted by molar-refractivity contribution is 8.77. The van der Waals surface area contributed by atoms with Crippen LogP contribution in [0.2, 0.25) is 0 Å². The van der Waals surface area contributed by atoms with Gasteiger partial charge in [-0.05, 0) is 150 Å². The van der Waals surface area contributed by atoms with Crippen LogP contribution in [-0.4, -0.2) is 75.0 Å². The molecule has 1 saturated heterocycles. The number of amides is 1. The number of aliphatic hydroxyl groups excluding tert-OH is 1. The lowest BCUT2D eigenvalue weighted by Crippen LogP contribution is -2.55. The average molecular weight is 993 g/mol. The second kappa shape index (κ2) is 23.3. The lowest BCUT2D eigenvalue weighted by atomic mass is 9.78. The van der Waals surface area contributed by atoms with Crippen LogP contribution in [0.15, 0.2) is 71.7 Å². The maximum absolute atomic E-state index is 14.4. The molecular weight excluding hydrogens is 913 g/mol. The quantitative estimate of drug-likeness (QED) is 0.139. The van der Waals surface area contributed by atoms with Crippen LogP contribution in [0, 0.1) is 22.7 Å². The van der Waals surface area contributed by atoms with Crippen molar-refractivity contribution in [1.82, 2.24) is 10.2 Å². The Labute approximate surface area is 425 Å². The minimum atomic E-state index is -0.592. The molecule has 0 unspecified atom stereocenters. The van der Waals surface area contributed by atoms with E-state index in [1.54, 1.807) is 0 Å². The lowest BCUT2D eigenvalue weighted by molar-refractivity contribution is -0.148. The van der Waals surface area contributed by atoms with Crippen LogP contribution in [0.3, 0.4) is 0 Å². The van der Waals surface area contributed by atoms with Crippen LogP contribution in [0.1, 0.15) is 163 Å². The van der Waals surface area contributed by atoms with E-state index in [1.165, 1.54) is 56.6 Å². The molecule has 3 aliphatic heterocycles. The fourth-order valence-electron chi connectivity index (χ4n) is 13.7. The number of fused-ring (bicyclic) bond motifs is 8. The molecule has 0 radical (unpaired) electrons. The number of rotatable bonds is 6. The van der Waals surface area contributed by atoms with Gasteiger partial charge in [0, 0.05) is 67.1 Å². The van der Waals surface area contributed by atoms with E-state index in [2.05, 4.69) is 66.0 Å². The van der Waals surface area contributed by atoms with Crippen molar-refractivity contribution in [3.63, 3.8) is 0 Å². The number of esters is 1. The highest BCUT2D eigenvalue weighted by Gasteiger charge is 2.57. The molecule has 3 aromatic carbocycles. The minimum Gasteiger partial charge on any atom is -0.504 e. The number of aliphatic hydroxyl groups is 1. The average Bonchev–Trinajstić information content (AvgIpc) is 4.13. The fourth-order valence-corrected chi connectivity index (χ4v) is 17.6. The molecular formula is C58H80N4O6S2. The first-order valence-electron chi connectivity index (χ1n) is 27.1. The third kappa shape index (κ3) is 12.3. The highest BCUT2D eigenvalue weighted by atomic mass is 33.1. The molecule has 0 aromatic heterocycles. The highest BCUT2D eigenvalue weighted by Crippen LogP contribution is 2.63. The molecule has 70 heavy (non-hydrogen) atoms. The van der Waals surface area contributed by atoms with Gasteiger partial charge in [-0.1, -0.05) is 108 Å². The Balaban J connectivity index is 1.02. The number of guanidine groups is 1. The summed E-state index contributed by atoms with van der Waals surface area (Å²) in [6.45, 7) is 2.77. The normalized spacial score (nSPS) is 30.2. The van der Waals surface area contributed by atoms with E-state index in [4.69, 9.17) is 20.2 Å². The predicted molar refractivity (Wildman–Crippen MR) is 284 cm³/mol. The first-order chi connectivity index (χ1) is 34.0. The standard InChI is InChI=1S/C58H80N4O6S2/c1-41(63)67-49-26-24-46-34-47(53(66)54-50(46)27-25-45-19-12-21-51(45)68-54)38-62-40-56(37-52(62)65,36-43-16-6-3-7-17-43)32-33-60-55(59)61-58(31-13-30-57(58)28-10-11-29-57)70-69-39-44(18-8-9-20-48(64)35-49)23-22-42-14-4-2-5-15-42/h2-7,14-17,34,44-45,48-49,51,64,66H,8-13,18-33,35-40H2,1H3,(H3,59,60,61)/t44-,45-,48-,49+,51-,56+,58+/m0/s1. The van der Waals surface area contributed by atoms with Crippen LogP contribution in [-0.2, 0) is 46.6 Å². The van der Waals surface area contributed by atoms with Crippen molar-refractivity contribution in [2.45, 2.75) is 191 Å². The Bertz CT molecular complexity index is 2250. The molecule has 3 aromatic rings. The van der Waals surface area contributed by atoms with Gasteiger partial charge in [-0.25, -0.2) is 0 Å². The summed E-state index contributed by atoms with van der Waals surface area (Å²) in [5.41, 5.74) is 12.2. The molecule has 1 amide bonds. The van der Waals surface area contributed by atoms with E-state index in [-0.39, 0.29) is 46.0 Å². The smallest absolute Gasteiger partial charge is 0.302 e. The summed E-state index contributed by atoms with van der Waals surface area (Å²) in [5, 5.41) is 27.7. The number of nitrogens with zero attached hydrogens (tertiary/aromatic N) is 2. The second-order valence-corrected chi connectivity index (χ2v) is 25.0. The van der Waals surface area contributed by atoms with Gasteiger partial charge in [-0.2, -0.15) is 0 Å². The maximum atomic E-state index is 14.4. The molecule has 3 aliphatic carbocycles. The first kappa shape index (κ1) is 51.0. The van der Waals surface area contributed by atoms with Gasteiger partial charge < -0.3 is 35.6 Å². The molecule has 5 N–H and O–H groups in total. The third-order valence-corrected chi connectivity index (χ3v) is 20.8. The van der Waals surface area contributed by atoms with Gasteiger partial charge in [-0.3, -0.25) is 14.6 Å². The Hall–Kier alpha value is -3.87. The molecule has 7 atom stereocenters. The van der Waals surface area contributed by atoms with Crippen molar-refractivity contribution >= 4 is 39.4 Å². The number of phenols is 1. The van der Waals surface area contributed by atoms with E-state index in [1.807, 2.05) is 32.6 Å². The fraction of sp³-hybridized carbons (Fsp3) is 0.638. The number of aromatic hydroxyl groups is 1. The maximum Gasteiger partial charge on any atom is 0.302 e. The number of benzene rings is 3. The number of ether oxygens (including phenoxy) is 2. The molecule has 3 saturated carbocycles. The van der Waals surface area contributed by atoms with Crippen LogP contribution < -0.4 is 15.8 Å². The molecule has 12 heteroatoms. The Morgan fingerprint density at radius 3 is 2.43 bits per heavy atom. The van der Waals surface area contributed by atoms with E-state index in [0.717, 1.165) is 93.9 Å². The van der Waals surface area contributed by atoms with Gasteiger partial charge in [-0.15, -0.1) is 0 Å². The van der Waals surface area contributed by atoms with Gasteiger partial charge in [0.05, 0.1) is 6.10 Å². The SMILES string of the molecule is CC(=O)O[C@@H]1CCc2cc(c(O)c3c2CC[C@@H]2CCC[C@@H]2O3)CN2C[C@@](Cc3ccccc3)(CCN=C(N)N[C@]3(CCCC34CCCC4)SSC[C@H](CCc3ccccc3)CCCC[C@H](O)C1)CC2=O. The molecule has 3 heterocycles. The predicted octanol–water partition coefficient (Wildman–Crippen LogP) is 11.4. The molecule has 6 aliphatic rings. The largest absolute Gasteiger partial charge is 0.504 e. The molecule has 4 fully saturated rings. The van der Waals surface area contributed by atoms with Gasteiger partial charge in [0.15, 0.2) is 17.5 Å². The van der Waals surface area contributed by atoms with E-state index in [9.17, 15) is 19.8 Å². The zero-order valence-corrected chi connectivity index (χ0v) is 43.5. The number of aryl methyl sites for hydroxylation is 2. The molecule has 4 bridgehead atoms. The molecule has 10 nitrogen and oxygen atoms in total. The van der Waals surface area contributed by atoms with Crippen molar-refractivity contribution in [3.8, 4) is 11.5 Å². The first-order valence-corrected chi connectivity index (χ1v) is 29.4. The minimum absolute atomic E-state index is 0.0614. The summed E-state index contributed by atoms with van der Waals surface area (Å²) in [4.78, 5) is 33.8. The van der Waals surface area contributed by atoms with Crippen molar-refractivity contribution in [2.24, 2.45) is 33.4 Å². The number of nitrogens with one attached hydrogen (secondary N) is 1. The van der Waals surface area contributed by atoms with Gasteiger partial charge in [0.1, 0.15) is 17.1 Å². The third-order valence-electron chi connectivity index (χ3n) is 17.4. The topological polar surface area (TPSA) is 147 Å². The van der Waals surface area contributed by atoms with Crippen LogP contribution in [0.5, 0.6) is 11.5 Å². The summed E-state index contributed by atoms with van der Waals surface area (Å²) in [6, 6.07) is 23.4. The summed E-state index contributed by atoms with van der Waals surface area (Å²) in [6.07, 6.45) is 21.6. The second-order valence-electron chi connectivity index (χ2n) is 22.3. The number of phenolic OH excluding ortho intramolecular Hbond substituents is 1. The van der Waals surface area contributed by atoms with Crippen molar-refractivity contribution in [1.29, 1.82) is 0 Å². The van der Waals surface area contributed by atoms with Crippen molar-refractivity contribution < 1.29 is 29.3 Å². The summed E-state index contributed by atoms with van der Waals surface area (Å²) in [7, 11) is 4.05. The number of hydrogen-bond acceptors (Lipinski definition) is 11. The number of carbonyl (C=O) groups is 2. The number of carbonyl (C=O) groups excluding carboxylic acids is 2. The van der Waals surface area contributed by atoms with Crippen molar-refractivity contribution in [3.05, 3.63) is 94.5 Å². The summed E-state index contributed by atoms with van der Waals surface area (Å²) >= 11 is 0. The van der Waals surface area contributed by atoms with Gasteiger partial charge in [0.25, 0.3) is 0 Å². The monoisotopic (exact) mass is 993 g/mol. The Kier molecular flexibility index (Phi) is 17.0. The summed E-state index contributed by atoms with van der Waals surface area (Å²) < 4.78 is 12.8. The molecule has 9 rings (SSSR count). The van der Waals surface area contributed by atoms with Crippen molar-refractivity contribution in [2.75, 3.05) is 18.8 Å². The Morgan fingerprint density at radius 2 is 1.64 bits per heavy atom. The molecule has 380 valence electrons. The number of aliphatic imine (C=N–C) groups is 1. The van der Waals surface area contributed by atoms with Gasteiger partial charge >= 0.3 is 5.97 Å². The zero-order chi connectivity index (χ0) is 48.6. The zero-order valence-electron chi connectivity index (χ0n) is 41.9. The number of nitrogens with two attached hydrogens (primary N) is 1. The van der Waals surface area contributed by atoms with Crippen LogP contribution in [0.4, 0.5) is 0 Å². The van der Waals surface area contributed by atoms with E-state index < -0.39 is 12.2 Å². The molecule has 2 spiro atoms. The lowest BCUT2D eigenvalue weighted by Gasteiger charge is -2.44. The summed E-state index contributed by atoms with van der Waals surface area (Å²) in [5.74, 6) is 2.97. The number of hydrogen-bond donors (Lipinski definition) is 4. The van der Waals surface area contributed by atoms with E-state index in [0.29, 0.717) is 80.7 Å². The van der Waals surface area contributed by atoms with E-state index >= 15 is 0 Å². The van der Waals surface area contributed by atoms with Crippen LogP contribution in [0.25, 0.3) is 0 Å².